The molecule has 8 nitrogen and oxygen atoms in total. The Morgan fingerprint density at radius 3 is 2.57 bits per heavy atom. The maximum atomic E-state index is 12.3. The number of carbonyl (C=O) groups is 2. The smallest absolute Gasteiger partial charge is 0.245 e. The number of rotatable bonds is 8. The van der Waals surface area contributed by atoms with Crippen molar-refractivity contribution in [2.75, 3.05) is 38.7 Å². The highest BCUT2D eigenvalue weighted by molar-refractivity contribution is 5.93. The van der Waals surface area contributed by atoms with Crippen molar-refractivity contribution < 1.29 is 19.1 Å². The maximum Gasteiger partial charge on any atom is 0.245 e. The molecule has 1 aliphatic carbocycles. The van der Waals surface area contributed by atoms with Crippen molar-refractivity contribution in [2.45, 2.75) is 51.0 Å². The Kier molecular flexibility index (Phi) is 6.54. The number of piperidine rings is 1. The molecule has 1 saturated carbocycles. The Morgan fingerprint density at radius 1 is 1.20 bits per heavy atom. The van der Waals surface area contributed by atoms with E-state index >= 15 is 0 Å². The van der Waals surface area contributed by atoms with Gasteiger partial charge in [0.15, 0.2) is 6.29 Å². The van der Waals surface area contributed by atoms with Crippen molar-refractivity contribution in [1.29, 1.82) is 0 Å². The summed E-state index contributed by atoms with van der Waals surface area (Å²) in [6.45, 7) is 8.38. The normalized spacial score (nSPS) is 20.1. The predicted molar refractivity (Wildman–Crippen MR) is 134 cm³/mol. The molecule has 1 aromatic carbocycles. The van der Waals surface area contributed by atoms with E-state index < -0.39 is 0 Å². The van der Waals surface area contributed by atoms with Crippen LogP contribution in [0.5, 0.6) is 11.5 Å². The molecule has 0 spiro atoms. The molecule has 1 unspecified atom stereocenters. The predicted octanol–water partition coefficient (Wildman–Crippen LogP) is 4.43. The molecule has 1 aromatic heterocycles. The fourth-order valence-corrected chi connectivity index (χ4v) is 5.67. The van der Waals surface area contributed by atoms with Crippen LogP contribution in [-0.2, 0) is 4.79 Å². The van der Waals surface area contributed by atoms with E-state index in [0.717, 1.165) is 86.5 Å². The van der Waals surface area contributed by atoms with E-state index in [1.54, 1.807) is 7.11 Å². The molecule has 1 atom stereocenters. The first-order valence-corrected chi connectivity index (χ1v) is 12.7. The minimum atomic E-state index is -0.00670. The largest absolute Gasteiger partial charge is 0.496 e. The second kappa shape index (κ2) is 9.76. The Hall–Kier alpha value is -3.29. The number of nitrogens with one attached hydrogen (secondary N) is 1. The Balaban J connectivity index is 1.50. The lowest BCUT2D eigenvalue weighted by atomic mass is 9.87. The van der Waals surface area contributed by atoms with Crippen molar-refractivity contribution in [1.82, 2.24) is 14.7 Å². The van der Waals surface area contributed by atoms with Crippen LogP contribution in [0.4, 0.5) is 5.82 Å². The van der Waals surface area contributed by atoms with E-state index in [4.69, 9.17) is 14.6 Å². The van der Waals surface area contributed by atoms with Crippen molar-refractivity contribution in [3.8, 4) is 22.8 Å². The summed E-state index contributed by atoms with van der Waals surface area (Å²) in [6, 6.07) is 4.18. The first-order valence-electron chi connectivity index (χ1n) is 12.7. The fourth-order valence-electron chi connectivity index (χ4n) is 5.67. The van der Waals surface area contributed by atoms with Crippen LogP contribution in [0.25, 0.3) is 11.3 Å². The van der Waals surface area contributed by atoms with Gasteiger partial charge >= 0.3 is 0 Å². The molecule has 2 aliphatic heterocycles. The van der Waals surface area contributed by atoms with Crippen LogP contribution in [0.3, 0.4) is 0 Å². The topological polar surface area (TPSA) is 85.7 Å². The molecule has 1 amide bonds. The van der Waals surface area contributed by atoms with Crippen molar-refractivity contribution >= 4 is 18.0 Å². The number of carbonyl (C=O) groups excluding carboxylic acids is 2. The third-order valence-corrected chi connectivity index (χ3v) is 7.56. The molecule has 0 bridgehead atoms. The van der Waals surface area contributed by atoms with Gasteiger partial charge < -0.3 is 19.7 Å². The van der Waals surface area contributed by atoms with Gasteiger partial charge in [-0.3, -0.25) is 9.59 Å². The van der Waals surface area contributed by atoms with Gasteiger partial charge in [-0.1, -0.05) is 6.58 Å². The molecular formula is C27H34N4O4. The lowest BCUT2D eigenvalue weighted by molar-refractivity contribution is -0.127. The van der Waals surface area contributed by atoms with Crippen LogP contribution < -0.4 is 14.8 Å². The number of nitrogens with zero attached hydrogens (tertiary/aromatic N) is 3. The first-order chi connectivity index (χ1) is 17.1. The highest BCUT2D eigenvalue weighted by atomic mass is 16.5. The SMILES string of the molecule is C=CC(=O)N1CCC(C2CCNc3c(C=O)c(-c4cc(OC)c(C5CC5)c(OCC)c4)nn32)CC1. The van der Waals surface area contributed by atoms with Gasteiger partial charge in [0.05, 0.1) is 25.3 Å². The van der Waals surface area contributed by atoms with Crippen LogP contribution in [0.2, 0.25) is 0 Å². The highest BCUT2D eigenvalue weighted by Crippen LogP contribution is 2.50. The third-order valence-electron chi connectivity index (χ3n) is 7.56. The van der Waals surface area contributed by atoms with E-state index in [2.05, 4.69) is 11.9 Å². The lowest BCUT2D eigenvalue weighted by Crippen LogP contribution is -2.41. The number of aromatic nitrogens is 2. The number of hydrogen-bond acceptors (Lipinski definition) is 6. The molecule has 1 saturated heterocycles. The molecule has 2 aromatic rings. The minimum Gasteiger partial charge on any atom is -0.496 e. The summed E-state index contributed by atoms with van der Waals surface area (Å²) in [5.74, 6) is 3.23. The number of likely N-dealkylation sites (tertiary alicyclic amines) is 1. The van der Waals surface area contributed by atoms with Gasteiger partial charge in [0.1, 0.15) is 23.0 Å². The number of amides is 1. The minimum absolute atomic E-state index is 0.00670. The zero-order valence-electron chi connectivity index (χ0n) is 20.6. The summed E-state index contributed by atoms with van der Waals surface area (Å²) < 4.78 is 13.8. The van der Waals surface area contributed by atoms with Gasteiger partial charge in [0.2, 0.25) is 5.91 Å². The van der Waals surface area contributed by atoms with E-state index in [1.807, 2.05) is 28.6 Å². The first kappa shape index (κ1) is 23.5. The molecule has 2 fully saturated rings. The third kappa shape index (κ3) is 4.30. The number of fused-ring (bicyclic) bond motifs is 1. The van der Waals surface area contributed by atoms with Gasteiger partial charge in [-0.05, 0) is 69.1 Å². The molecule has 3 heterocycles. The van der Waals surface area contributed by atoms with Crippen LogP contribution in [0.1, 0.15) is 66.9 Å². The number of ether oxygens (including phenoxy) is 2. The molecule has 5 rings (SSSR count). The highest BCUT2D eigenvalue weighted by Gasteiger charge is 2.36. The summed E-state index contributed by atoms with van der Waals surface area (Å²) in [6.07, 6.45) is 7.31. The summed E-state index contributed by atoms with van der Waals surface area (Å²) in [7, 11) is 1.68. The molecule has 1 N–H and O–H groups in total. The van der Waals surface area contributed by atoms with E-state index in [-0.39, 0.29) is 11.9 Å². The van der Waals surface area contributed by atoms with E-state index in [0.29, 0.717) is 29.7 Å². The van der Waals surface area contributed by atoms with Crippen LogP contribution in [0, 0.1) is 5.92 Å². The molecule has 35 heavy (non-hydrogen) atoms. The summed E-state index contributed by atoms with van der Waals surface area (Å²) >= 11 is 0. The number of hydrogen-bond donors (Lipinski definition) is 1. The zero-order chi connectivity index (χ0) is 24.5. The Labute approximate surface area is 206 Å². The number of anilines is 1. The van der Waals surface area contributed by atoms with Crippen LogP contribution in [-0.4, -0.2) is 60.2 Å². The van der Waals surface area contributed by atoms with Gasteiger partial charge in [0.25, 0.3) is 0 Å². The summed E-state index contributed by atoms with van der Waals surface area (Å²) in [4.78, 5) is 26.2. The Morgan fingerprint density at radius 2 is 1.94 bits per heavy atom. The second-order valence-electron chi connectivity index (χ2n) is 9.62. The summed E-state index contributed by atoms with van der Waals surface area (Å²) in [5, 5.41) is 8.42. The standard InChI is InChI=1S/C27H34N4O4/c1-4-24(33)30-12-9-17(10-13-30)21-8-11-28-27-20(16-32)26(29-31(21)27)19-14-22(34-3)25(18-6-7-18)23(15-19)35-5-2/h4,14-18,21,28H,1,5-13H2,2-3H3. The van der Waals surface area contributed by atoms with Gasteiger partial charge in [-0.15, -0.1) is 0 Å². The quantitative estimate of drug-likeness (QED) is 0.446. The van der Waals surface area contributed by atoms with Gasteiger partial charge in [-0.2, -0.15) is 5.10 Å². The molecule has 8 heteroatoms. The van der Waals surface area contributed by atoms with Crippen molar-refractivity contribution in [3.05, 3.63) is 35.9 Å². The van der Waals surface area contributed by atoms with Crippen molar-refractivity contribution in [2.24, 2.45) is 5.92 Å². The van der Waals surface area contributed by atoms with E-state index in [9.17, 15) is 9.59 Å². The number of benzene rings is 1. The molecule has 3 aliphatic rings. The van der Waals surface area contributed by atoms with Crippen LogP contribution in [0.15, 0.2) is 24.8 Å². The second-order valence-corrected chi connectivity index (χ2v) is 9.62. The van der Waals surface area contributed by atoms with Gasteiger partial charge in [-0.25, -0.2) is 4.68 Å². The zero-order valence-corrected chi connectivity index (χ0v) is 20.6. The van der Waals surface area contributed by atoms with E-state index in [1.165, 1.54) is 6.08 Å². The molecule has 186 valence electrons. The maximum absolute atomic E-state index is 12.3. The van der Waals surface area contributed by atoms with Crippen LogP contribution >= 0.6 is 0 Å². The average Bonchev–Trinajstić information content (AvgIpc) is 3.66. The Bertz CT molecular complexity index is 1130. The lowest BCUT2D eigenvalue weighted by Gasteiger charge is -2.38. The average molecular weight is 479 g/mol. The molecular weight excluding hydrogens is 444 g/mol. The monoisotopic (exact) mass is 478 g/mol. The summed E-state index contributed by atoms with van der Waals surface area (Å²) in [5.41, 5.74) is 3.16. The fraction of sp³-hybridized carbons (Fsp3) is 0.519. The number of aldehydes is 1. The van der Waals surface area contributed by atoms with Crippen molar-refractivity contribution in [3.63, 3.8) is 0 Å². The molecule has 0 radical (unpaired) electrons. The van der Waals surface area contributed by atoms with Gasteiger partial charge in [0, 0.05) is 30.8 Å². The number of methoxy groups -OCH3 is 1.